The Bertz CT molecular complexity index is 1040. The molecule has 0 aromatic heterocycles. The summed E-state index contributed by atoms with van der Waals surface area (Å²) in [6, 6.07) is 8.83. The highest BCUT2D eigenvalue weighted by atomic mass is 35.5. The lowest BCUT2D eigenvalue weighted by atomic mass is 10.1. The van der Waals surface area contributed by atoms with E-state index < -0.39 is 16.1 Å². The Morgan fingerprint density at radius 3 is 2.40 bits per heavy atom. The van der Waals surface area contributed by atoms with Gasteiger partial charge in [-0.2, -0.15) is 0 Å². The average molecular weight is 394 g/mol. The number of aryl methyl sites for hydroxylation is 1. The summed E-state index contributed by atoms with van der Waals surface area (Å²) < 4.78 is 27.7. The molecule has 0 saturated carbocycles. The van der Waals surface area contributed by atoms with Gasteiger partial charge >= 0.3 is 0 Å². The molecular formula is C18H13Cl2NO3S. The molecule has 2 aromatic carbocycles. The van der Waals surface area contributed by atoms with Gasteiger partial charge in [-0.15, -0.1) is 0 Å². The minimum atomic E-state index is -3.92. The lowest BCUT2D eigenvalue weighted by Crippen LogP contribution is -2.40. The Kier molecular flexibility index (Phi) is 3.72. The second-order valence-corrected chi connectivity index (χ2v) is 8.76. The molecule has 2 aromatic rings. The van der Waals surface area contributed by atoms with Crippen molar-refractivity contribution in [2.24, 2.45) is 0 Å². The molecule has 0 N–H and O–H groups in total. The average Bonchev–Trinajstić information content (AvgIpc) is 3.07. The van der Waals surface area contributed by atoms with Crippen LogP contribution in [0, 0.1) is 6.92 Å². The molecule has 0 amide bonds. The quantitative estimate of drug-likeness (QED) is 0.766. The van der Waals surface area contributed by atoms with Gasteiger partial charge in [0, 0.05) is 12.0 Å². The van der Waals surface area contributed by atoms with E-state index in [0.717, 1.165) is 5.56 Å². The first-order valence-electron chi connectivity index (χ1n) is 7.64. The summed E-state index contributed by atoms with van der Waals surface area (Å²) in [5.74, 6) is -0.158. The normalized spacial score (nSPS) is 19.0. The number of rotatable bonds is 2. The van der Waals surface area contributed by atoms with E-state index in [1.54, 1.807) is 36.4 Å². The lowest BCUT2D eigenvalue weighted by molar-refractivity contribution is -0.117. The predicted octanol–water partition coefficient (Wildman–Crippen LogP) is 4.24. The van der Waals surface area contributed by atoms with Crippen LogP contribution in [-0.2, 0) is 14.8 Å². The van der Waals surface area contributed by atoms with Crippen molar-refractivity contribution in [1.82, 2.24) is 0 Å². The Balaban J connectivity index is 1.95. The molecule has 0 saturated heterocycles. The molecule has 0 radical (unpaired) electrons. The molecule has 2 aliphatic rings. The first-order valence-corrected chi connectivity index (χ1v) is 9.83. The molecule has 1 aliphatic heterocycles. The minimum Gasteiger partial charge on any atom is -0.297 e. The van der Waals surface area contributed by atoms with Gasteiger partial charge in [0.25, 0.3) is 10.0 Å². The summed E-state index contributed by atoms with van der Waals surface area (Å²) >= 11 is 12.2. The Morgan fingerprint density at radius 2 is 1.72 bits per heavy atom. The maximum Gasteiger partial charge on any atom is 0.265 e. The number of hydrogen-bond donors (Lipinski definition) is 0. The fourth-order valence-corrected chi connectivity index (χ4v) is 5.25. The molecule has 1 aliphatic carbocycles. The Morgan fingerprint density at radius 1 is 1.08 bits per heavy atom. The molecule has 1 atom stereocenters. The third kappa shape index (κ3) is 2.41. The summed E-state index contributed by atoms with van der Waals surface area (Å²) in [6.07, 6.45) is 1.97. The first-order chi connectivity index (χ1) is 11.8. The van der Waals surface area contributed by atoms with Gasteiger partial charge in [0.05, 0.1) is 20.6 Å². The van der Waals surface area contributed by atoms with Crippen molar-refractivity contribution < 1.29 is 13.2 Å². The number of ketones is 1. The number of carbonyl (C=O) groups excluding carboxylic acids is 1. The third-order valence-electron chi connectivity index (χ3n) is 4.52. The molecule has 1 unspecified atom stereocenters. The van der Waals surface area contributed by atoms with E-state index in [0.29, 0.717) is 21.8 Å². The minimum absolute atomic E-state index is 0.135. The van der Waals surface area contributed by atoms with Crippen LogP contribution in [0.3, 0.4) is 0 Å². The van der Waals surface area contributed by atoms with Crippen LogP contribution in [0.15, 0.2) is 47.4 Å². The number of hydrogen-bond acceptors (Lipinski definition) is 3. The third-order valence-corrected chi connectivity index (χ3v) is 7.04. The van der Waals surface area contributed by atoms with E-state index in [2.05, 4.69) is 0 Å². The van der Waals surface area contributed by atoms with Crippen molar-refractivity contribution in [2.75, 3.05) is 4.31 Å². The van der Waals surface area contributed by atoms with E-state index in [9.17, 15) is 13.2 Å². The van der Waals surface area contributed by atoms with Gasteiger partial charge in [-0.3, -0.25) is 9.10 Å². The van der Waals surface area contributed by atoms with E-state index >= 15 is 0 Å². The number of Topliss-reactive ketones (excluding diaryl/α,β-unsaturated/α-hetero) is 1. The van der Waals surface area contributed by atoms with Crippen LogP contribution in [0.1, 0.15) is 17.5 Å². The van der Waals surface area contributed by atoms with Gasteiger partial charge in [0.15, 0.2) is 5.78 Å². The Hall–Kier alpha value is -1.82. The summed E-state index contributed by atoms with van der Waals surface area (Å²) in [6.45, 7) is 1.88. The number of nitrogens with zero attached hydrogens (tertiary/aromatic N) is 1. The van der Waals surface area contributed by atoms with E-state index in [4.69, 9.17) is 23.2 Å². The lowest BCUT2D eigenvalue weighted by Gasteiger charge is -2.25. The summed E-state index contributed by atoms with van der Waals surface area (Å²) in [4.78, 5) is 12.5. The number of benzene rings is 2. The molecule has 128 valence electrons. The molecule has 0 fully saturated rings. The highest BCUT2D eigenvalue weighted by Crippen LogP contribution is 2.49. The van der Waals surface area contributed by atoms with Gasteiger partial charge in [0.2, 0.25) is 0 Å². The van der Waals surface area contributed by atoms with E-state index in [1.165, 1.54) is 10.4 Å². The molecule has 25 heavy (non-hydrogen) atoms. The van der Waals surface area contributed by atoms with E-state index in [1.807, 2.05) is 6.92 Å². The smallest absolute Gasteiger partial charge is 0.265 e. The number of allylic oxidation sites excluding steroid dienone is 1. The molecule has 7 heteroatoms. The van der Waals surface area contributed by atoms with Gasteiger partial charge < -0.3 is 0 Å². The van der Waals surface area contributed by atoms with Crippen LogP contribution in [0.25, 0.3) is 5.57 Å². The SMILES string of the molecule is Cc1ccc(S(=O)(=O)N2c3cc(Cl)c(Cl)cc3C3=CCC(=O)C32)cc1. The largest absolute Gasteiger partial charge is 0.297 e. The maximum absolute atomic E-state index is 13.3. The summed E-state index contributed by atoms with van der Waals surface area (Å²) in [7, 11) is -3.92. The van der Waals surface area contributed by atoms with Crippen molar-refractivity contribution in [3.8, 4) is 0 Å². The van der Waals surface area contributed by atoms with Crippen LogP contribution in [-0.4, -0.2) is 20.2 Å². The topological polar surface area (TPSA) is 54.5 Å². The second-order valence-electron chi connectivity index (χ2n) is 6.13. The highest BCUT2D eigenvalue weighted by Gasteiger charge is 2.47. The van der Waals surface area contributed by atoms with Gasteiger partial charge in [-0.05, 0) is 36.8 Å². The first kappa shape index (κ1) is 16.6. The van der Waals surface area contributed by atoms with Crippen molar-refractivity contribution in [3.63, 3.8) is 0 Å². The summed E-state index contributed by atoms with van der Waals surface area (Å²) in [5.41, 5.74) is 2.66. The van der Waals surface area contributed by atoms with Crippen LogP contribution >= 0.6 is 23.2 Å². The molecule has 0 bridgehead atoms. The monoisotopic (exact) mass is 393 g/mol. The predicted molar refractivity (Wildman–Crippen MR) is 98.7 cm³/mol. The molecular weight excluding hydrogens is 381 g/mol. The maximum atomic E-state index is 13.3. The highest BCUT2D eigenvalue weighted by molar-refractivity contribution is 7.93. The van der Waals surface area contributed by atoms with Crippen molar-refractivity contribution >= 4 is 50.3 Å². The standard InChI is InChI=1S/C18H13Cl2NO3S/c1-10-2-4-11(5-3-10)25(23,24)21-16-9-15(20)14(19)8-13(16)12-6-7-17(22)18(12)21/h2-6,8-9,18H,7H2,1H3. The van der Waals surface area contributed by atoms with Gasteiger partial charge in [0.1, 0.15) is 6.04 Å². The van der Waals surface area contributed by atoms with Crippen LogP contribution in [0.2, 0.25) is 10.0 Å². The zero-order valence-electron chi connectivity index (χ0n) is 13.2. The molecule has 0 spiro atoms. The van der Waals surface area contributed by atoms with Crippen molar-refractivity contribution in [1.29, 1.82) is 0 Å². The van der Waals surface area contributed by atoms with Crippen molar-refractivity contribution in [2.45, 2.75) is 24.3 Å². The number of halogens is 2. The Labute approximate surface area is 155 Å². The van der Waals surface area contributed by atoms with Crippen molar-refractivity contribution in [3.05, 3.63) is 63.6 Å². The molecule has 4 nitrogen and oxygen atoms in total. The molecule has 1 heterocycles. The van der Waals surface area contributed by atoms with Crippen LogP contribution in [0.5, 0.6) is 0 Å². The zero-order valence-corrected chi connectivity index (χ0v) is 15.5. The fourth-order valence-electron chi connectivity index (χ4n) is 3.30. The molecule has 4 rings (SSSR count). The summed E-state index contributed by atoms with van der Waals surface area (Å²) in [5, 5.41) is 0.576. The van der Waals surface area contributed by atoms with Gasteiger partial charge in [-0.1, -0.05) is 47.0 Å². The fraction of sp³-hybridized carbons (Fsp3) is 0.167. The van der Waals surface area contributed by atoms with Crippen LogP contribution in [0.4, 0.5) is 5.69 Å². The second kappa shape index (κ2) is 5.59. The number of sulfonamides is 1. The zero-order chi connectivity index (χ0) is 17.9. The number of carbonyl (C=O) groups is 1. The van der Waals surface area contributed by atoms with Crippen LogP contribution < -0.4 is 4.31 Å². The number of anilines is 1. The van der Waals surface area contributed by atoms with E-state index in [-0.39, 0.29) is 22.1 Å². The van der Waals surface area contributed by atoms with Gasteiger partial charge in [-0.25, -0.2) is 8.42 Å². The number of fused-ring (bicyclic) bond motifs is 3.